The molecule has 0 aliphatic heterocycles. The van der Waals surface area contributed by atoms with Crippen molar-refractivity contribution in [3.05, 3.63) is 45.9 Å². The standard InChI is InChI=1S/C12H9Cl2F2N3/c1-17-11-8(15)5-9(16)12(19-11)18-10-4-6(13)2-3-7(10)14/h2-5H,1H3,(H2,17,18,19). The van der Waals surface area contributed by atoms with E-state index in [1.165, 1.54) is 13.1 Å². The van der Waals surface area contributed by atoms with Crippen molar-refractivity contribution in [3.63, 3.8) is 0 Å². The zero-order chi connectivity index (χ0) is 14.0. The zero-order valence-corrected chi connectivity index (χ0v) is 11.3. The number of halogens is 4. The fraction of sp³-hybridized carbons (Fsp3) is 0.0833. The van der Waals surface area contributed by atoms with Crippen LogP contribution in [0.2, 0.25) is 10.0 Å². The normalized spacial score (nSPS) is 10.4. The van der Waals surface area contributed by atoms with Crippen LogP contribution in [-0.2, 0) is 0 Å². The fourth-order valence-electron chi connectivity index (χ4n) is 1.45. The van der Waals surface area contributed by atoms with Gasteiger partial charge >= 0.3 is 0 Å². The highest BCUT2D eigenvalue weighted by Crippen LogP contribution is 2.29. The molecule has 0 saturated carbocycles. The van der Waals surface area contributed by atoms with E-state index >= 15 is 0 Å². The Labute approximate surface area is 118 Å². The molecule has 0 amide bonds. The van der Waals surface area contributed by atoms with Gasteiger partial charge in [-0.05, 0) is 18.2 Å². The number of nitrogens with one attached hydrogen (secondary N) is 2. The molecule has 0 spiro atoms. The van der Waals surface area contributed by atoms with Crippen LogP contribution in [0, 0.1) is 11.6 Å². The molecule has 0 atom stereocenters. The largest absolute Gasteiger partial charge is 0.371 e. The smallest absolute Gasteiger partial charge is 0.169 e. The minimum Gasteiger partial charge on any atom is -0.371 e. The van der Waals surface area contributed by atoms with Gasteiger partial charge in [-0.3, -0.25) is 0 Å². The quantitative estimate of drug-likeness (QED) is 0.879. The van der Waals surface area contributed by atoms with E-state index in [2.05, 4.69) is 15.6 Å². The molecule has 7 heteroatoms. The van der Waals surface area contributed by atoms with Crippen LogP contribution < -0.4 is 10.6 Å². The van der Waals surface area contributed by atoms with Crippen LogP contribution in [-0.4, -0.2) is 12.0 Å². The Morgan fingerprint density at radius 1 is 1.05 bits per heavy atom. The van der Waals surface area contributed by atoms with Crippen molar-refractivity contribution < 1.29 is 8.78 Å². The van der Waals surface area contributed by atoms with Gasteiger partial charge in [-0.1, -0.05) is 23.2 Å². The number of benzene rings is 1. The molecule has 0 fully saturated rings. The number of rotatable bonds is 3. The third-order valence-electron chi connectivity index (χ3n) is 2.35. The summed E-state index contributed by atoms with van der Waals surface area (Å²) in [5.41, 5.74) is 0.384. The van der Waals surface area contributed by atoms with E-state index < -0.39 is 11.6 Å². The molecule has 0 bridgehead atoms. The third kappa shape index (κ3) is 3.05. The Kier molecular flexibility index (Phi) is 4.07. The number of pyridine rings is 1. The van der Waals surface area contributed by atoms with Gasteiger partial charge in [0.25, 0.3) is 0 Å². The molecule has 3 nitrogen and oxygen atoms in total. The van der Waals surface area contributed by atoms with Crippen molar-refractivity contribution in [3.8, 4) is 0 Å². The molecule has 2 aromatic rings. The molecule has 19 heavy (non-hydrogen) atoms. The van der Waals surface area contributed by atoms with Crippen molar-refractivity contribution >= 4 is 40.5 Å². The molecule has 100 valence electrons. The predicted octanol–water partition coefficient (Wildman–Crippen LogP) is 4.45. The first kappa shape index (κ1) is 13.8. The van der Waals surface area contributed by atoms with Crippen LogP contribution >= 0.6 is 23.2 Å². The average Bonchev–Trinajstić information content (AvgIpc) is 2.37. The molecule has 0 saturated heterocycles. The number of hydrogen-bond acceptors (Lipinski definition) is 3. The summed E-state index contributed by atoms with van der Waals surface area (Å²) < 4.78 is 26.9. The maximum atomic E-state index is 13.6. The number of aromatic nitrogens is 1. The number of anilines is 3. The zero-order valence-electron chi connectivity index (χ0n) is 9.77. The summed E-state index contributed by atoms with van der Waals surface area (Å²) >= 11 is 11.8. The van der Waals surface area contributed by atoms with E-state index in [4.69, 9.17) is 23.2 Å². The summed E-state index contributed by atoms with van der Waals surface area (Å²) in [5.74, 6) is -1.81. The summed E-state index contributed by atoms with van der Waals surface area (Å²) in [6, 6.07) is 5.42. The minimum absolute atomic E-state index is 0.0675. The second kappa shape index (κ2) is 5.59. The maximum absolute atomic E-state index is 13.6. The van der Waals surface area contributed by atoms with Crippen molar-refractivity contribution in [2.24, 2.45) is 0 Å². The first-order chi connectivity index (χ1) is 9.01. The Hall–Kier alpha value is -1.59. The molecule has 1 heterocycles. The monoisotopic (exact) mass is 303 g/mol. The Morgan fingerprint density at radius 2 is 1.74 bits per heavy atom. The van der Waals surface area contributed by atoms with E-state index in [0.717, 1.165) is 6.07 Å². The van der Waals surface area contributed by atoms with Gasteiger partial charge in [-0.2, -0.15) is 0 Å². The van der Waals surface area contributed by atoms with Crippen LogP contribution in [0.4, 0.5) is 26.1 Å². The topological polar surface area (TPSA) is 37.0 Å². The molecule has 2 rings (SSSR count). The minimum atomic E-state index is -0.826. The van der Waals surface area contributed by atoms with Gasteiger partial charge in [0.2, 0.25) is 0 Å². The lowest BCUT2D eigenvalue weighted by atomic mass is 10.3. The molecule has 2 N–H and O–H groups in total. The molecule has 1 aromatic carbocycles. The summed E-state index contributed by atoms with van der Waals surface area (Å²) in [4.78, 5) is 3.78. The van der Waals surface area contributed by atoms with Crippen molar-refractivity contribution in [2.75, 3.05) is 17.7 Å². The maximum Gasteiger partial charge on any atom is 0.169 e. The van der Waals surface area contributed by atoms with Crippen molar-refractivity contribution in [1.82, 2.24) is 4.98 Å². The molecular formula is C12H9Cl2F2N3. The van der Waals surface area contributed by atoms with Crippen LogP contribution in [0.3, 0.4) is 0 Å². The molecule has 0 aliphatic carbocycles. The van der Waals surface area contributed by atoms with E-state index in [-0.39, 0.29) is 11.6 Å². The Balaban J connectivity index is 2.40. The lowest BCUT2D eigenvalue weighted by Crippen LogP contribution is -2.03. The van der Waals surface area contributed by atoms with Gasteiger partial charge in [0, 0.05) is 18.1 Å². The van der Waals surface area contributed by atoms with E-state index in [1.807, 2.05) is 0 Å². The van der Waals surface area contributed by atoms with Gasteiger partial charge in [-0.15, -0.1) is 0 Å². The van der Waals surface area contributed by atoms with E-state index in [1.54, 1.807) is 12.1 Å². The highest BCUT2D eigenvalue weighted by atomic mass is 35.5. The third-order valence-corrected chi connectivity index (χ3v) is 2.91. The number of hydrogen-bond donors (Lipinski definition) is 2. The van der Waals surface area contributed by atoms with Gasteiger partial charge in [-0.25, -0.2) is 13.8 Å². The Morgan fingerprint density at radius 3 is 2.42 bits per heavy atom. The van der Waals surface area contributed by atoms with Crippen molar-refractivity contribution in [1.29, 1.82) is 0 Å². The van der Waals surface area contributed by atoms with Crippen LogP contribution in [0.5, 0.6) is 0 Å². The molecule has 1 aromatic heterocycles. The molecule has 0 aliphatic rings. The molecule has 0 radical (unpaired) electrons. The SMILES string of the molecule is CNc1nc(Nc2cc(Cl)ccc2Cl)c(F)cc1F. The highest BCUT2D eigenvalue weighted by Gasteiger charge is 2.12. The fourth-order valence-corrected chi connectivity index (χ4v) is 1.79. The van der Waals surface area contributed by atoms with Crippen LogP contribution in [0.15, 0.2) is 24.3 Å². The van der Waals surface area contributed by atoms with Gasteiger partial charge in [0.05, 0.1) is 10.7 Å². The second-order valence-corrected chi connectivity index (χ2v) is 4.49. The van der Waals surface area contributed by atoms with Gasteiger partial charge in [0.1, 0.15) is 0 Å². The summed E-state index contributed by atoms with van der Waals surface area (Å²) in [6.45, 7) is 0. The molecular weight excluding hydrogens is 295 g/mol. The average molecular weight is 304 g/mol. The second-order valence-electron chi connectivity index (χ2n) is 3.65. The summed E-state index contributed by atoms with van der Waals surface area (Å²) in [5, 5.41) is 5.98. The van der Waals surface area contributed by atoms with E-state index in [9.17, 15) is 8.78 Å². The first-order valence-electron chi connectivity index (χ1n) is 5.27. The summed E-state index contributed by atoms with van der Waals surface area (Å²) in [7, 11) is 1.49. The van der Waals surface area contributed by atoms with Crippen LogP contribution in [0.25, 0.3) is 0 Å². The lowest BCUT2D eigenvalue weighted by molar-refractivity contribution is 0.580. The van der Waals surface area contributed by atoms with Gasteiger partial charge in [0.15, 0.2) is 23.3 Å². The Bertz CT molecular complexity index is 620. The van der Waals surface area contributed by atoms with Crippen LogP contribution in [0.1, 0.15) is 0 Å². The number of nitrogens with zero attached hydrogens (tertiary/aromatic N) is 1. The van der Waals surface area contributed by atoms with Crippen molar-refractivity contribution in [2.45, 2.75) is 0 Å². The van der Waals surface area contributed by atoms with E-state index in [0.29, 0.717) is 15.7 Å². The highest BCUT2D eigenvalue weighted by molar-refractivity contribution is 6.35. The summed E-state index contributed by atoms with van der Waals surface area (Å²) in [6.07, 6.45) is 0. The lowest BCUT2D eigenvalue weighted by Gasteiger charge is -2.11. The first-order valence-corrected chi connectivity index (χ1v) is 6.02. The molecule has 0 unspecified atom stereocenters. The predicted molar refractivity (Wildman–Crippen MR) is 73.4 cm³/mol. The van der Waals surface area contributed by atoms with Gasteiger partial charge < -0.3 is 10.6 Å².